The predicted molar refractivity (Wildman–Crippen MR) is 66.9 cm³/mol. The number of carbonyl (C=O) groups is 1. The van der Waals surface area contributed by atoms with Crippen LogP contribution in [0.15, 0.2) is 36.4 Å². The second-order valence-corrected chi connectivity index (χ2v) is 4.10. The van der Waals surface area contributed by atoms with Crippen molar-refractivity contribution in [3.8, 4) is 0 Å². The molecule has 1 N–H and O–H groups in total. The number of hydrogen-bond donors (Lipinski definition) is 1. The first kappa shape index (κ1) is 13.5. The third-order valence-corrected chi connectivity index (χ3v) is 2.39. The van der Waals surface area contributed by atoms with Crippen molar-refractivity contribution in [1.29, 1.82) is 0 Å². The van der Waals surface area contributed by atoms with E-state index in [0.717, 1.165) is 23.1 Å². The quantitative estimate of drug-likeness (QED) is 0.583. The highest BCUT2D eigenvalue weighted by atomic mass is 16.5. The van der Waals surface area contributed by atoms with Gasteiger partial charge in [0.15, 0.2) is 0 Å². The van der Waals surface area contributed by atoms with E-state index in [9.17, 15) is 4.79 Å². The standard InChI is InChI=1S/C14H18O3/c1-11(2)7-8-17-10-13-6-4-3-5-12(13)9-14(15)16/h3-6H,1,7-10H2,2H3,(H,15,16). The van der Waals surface area contributed by atoms with Gasteiger partial charge in [-0.15, -0.1) is 6.58 Å². The zero-order valence-corrected chi connectivity index (χ0v) is 10.1. The predicted octanol–water partition coefficient (Wildman–Crippen LogP) is 2.80. The van der Waals surface area contributed by atoms with Gasteiger partial charge < -0.3 is 9.84 Å². The molecule has 1 aromatic carbocycles. The van der Waals surface area contributed by atoms with Gasteiger partial charge in [-0.3, -0.25) is 4.79 Å². The molecule has 3 nitrogen and oxygen atoms in total. The summed E-state index contributed by atoms with van der Waals surface area (Å²) in [5, 5.41) is 8.78. The molecule has 0 aliphatic heterocycles. The minimum absolute atomic E-state index is 0.0417. The smallest absolute Gasteiger partial charge is 0.307 e. The zero-order chi connectivity index (χ0) is 12.7. The van der Waals surface area contributed by atoms with E-state index in [1.165, 1.54) is 0 Å². The molecule has 17 heavy (non-hydrogen) atoms. The van der Waals surface area contributed by atoms with E-state index in [0.29, 0.717) is 13.2 Å². The van der Waals surface area contributed by atoms with Crippen LogP contribution in [0.25, 0.3) is 0 Å². The normalized spacial score (nSPS) is 10.2. The maximum atomic E-state index is 10.7. The SMILES string of the molecule is C=C(C)CCOCc1ccccc1CC(=O)O. The van der Waals surface area contributed by atoms with Gasteiger partial charge in [-0.05, 0) is 24.5 Å². The molecule has 0 saturated heterocycles. The van der Waals surface area contributed by atoms with Crippen LogP contribution in [0.4, 0.5) is 0 Å². The molecular formula is C14H18O3. The van der Waals surface area contributed by atoms with Crippen LogP contribution in [-0.2, 0) is 22.6 Å². The molecule has 92 valence electrons. The molecule has 0 atom stereocenters. The summed E-state index contributed by atoms with van der Waals surface area (Å²) in [5.41, 5.74) is 2.84. The Bertz CT molecular complexity index is 396. The number of carboxylic acid groups (broad SMARTS) is 1. The molecule has 0 aliphatic rings. The minimum Gasteiger partial charge on any atom is -0.481 e. The van der Waals surface area contributed by atoms with Gasteiger partial charge in [0, 0.05) is 0 Å². The average molecular weight is 234 g/mol. The number of carboxylic acids is 1. The Balaban J connectivity index is 2.51. The Morgan fingerprint density at radius 3 is 2.59 bits per heavy atom. The second-order valence-electron chi connectivity index (χ2n) is 4.10. The van der Waals surface area contributed by atoms with Gasteiger partial charge in [0.25, 0.3) is 0 Å². The Morgan fingerprint density at radius 1 is 1.35 bits per heavy atom. The number of hydrogen-bond acceptors (Lipinski definition) is 2. The third kappa shape index (κ3) is 5.31. The van der Waals surface area contributed by atoms with Gasteiger partial charge in [0.1, 0.15) is 0 Å². The van der Waals surface area contributed by atoms with Crippen molar-refractivity contribution in [3.63, 3.8) is 0 Å². The Kier molecular flexibility index (Phi) is 5.43. The molecule has 1 rings (SSSR count). The summed E-state index contributed by atoms with van der Waals surface area (Å²) < 4.78 is 5.50. The molecule has 0 heterocycles. The lowest BCUT2D eigenvalue weighted by Gasteiger charge is -2.08. The van der Waals surface area contributed by atoms with E-state index >= 15 is 0 Å². The van der Waals surface area contributed by atoms with Crippen molar-refractivity contribution < 1.29 is 14.6 Å². The van der Waals surface area contributed by atoms with Gasteiger partial charge >= 0.3 is 5.97 Å². The fourth-order valence-corrected chi connectivity index (χ4v) is 1.46. The van der Waals surface area contributed by atoms with Gasteiger partial charge in [-0.25, -0.2) is 0 Å². The lowest BCUT2D eigenvalue weighted by molar-refractivity contribution is -0.136. The first-order chi connectivity index (χ1) is 8.09. The summed E-state index contributed by atoms with van der Waals surface area (Å²) in [6.45, 7) is 6.84. The number of aliphatic carboxylic acids is 1. The summed E-state index contributed by atoms with van der Waals surface area (Å²) >= 11 is 0. The summed E-state index contributed by atoms with van der Waals surface area (Å²) in [7, 11) is 0. The monoisotopic (exact) mass is 234 g/mol. The minimum atomic E-state index is -0.820. The molecule has 0 fully saturated rings. The Morgan fingerprint density at radius 2 is 2.00 bits per heavy atom. The fourth-order valence-electron chi connectivity index (χ4n) is 1.46. The first-order valence-corrected chi connectivity index (χ1v) is 5.60. The Labute approximate surface area is 102 Å². The van der Waals surface area contributed by atoms with Crippen LogP contribution in [0.3, 0.4) is 0 Å². The highest BCUT2D eigenvalue weighted by molar-refractivity contribution is 5.70. The van der Waals surface area contributed by atoms with Crippen LogP contribution in [0.1, 0.15) is 24.5 Å². The van der Waals surface area contributed by atoms with Crippen molar-refractivity contribution >= 4 is 5.97 Å². The molecule has 0 amide bonds. The summed E-state index contributed by atoms with van der Waals surface area (Å²) in [4.78, 5) is 10.7. The van der Waals surface area contributed by atoms with Gasteiger partial charge in [-0.2, -0.15) is 0 Å². The lowest BCUT2D eigenvalue weighted by Crippen LogP contribution is -2.05. The van der Waals surface area contributed by atoms with E-state index in [2.05, 4.69) is 6.58 Å². The van der Waals surface area contributed by atoms with Crippen LogP contribution in [-0.4, -0.2) is 17.7 Å². The zero-order valence-electron chi connectivity index (χ0n) is 10.1. The van der Waals surface area contributed by atoms with Crippen LogP contribution in [0, 0.1) is 0 Å². The third-order valence-electron chi connectivity index (χ3n) is 2.39. The molecule has 0 saturated carbocycles. The van der Waals surface area contributed by atoms with Gasteiger partial charge in [-0.1, -0.05) is 29.8 Å². The lowest BCUT2D eigenvalue weighted by atomic mass is 10.1. The Hall–Kier alpha value is -1.61. The molecule has 0 aromatic heterocycles. The van der Waals surface area contributed by atoms with Crippen LogP contribution >= 0.6 is 0 Å². The molecule has 3 heteroatoms. The average Bonchev–Trinajstić information content (AvgIpc) is 2.25. The summed E-state index contributed by atoms with van der Waals surface area (Å²) in [5.74, 6) is -0.820. The molecule has 0 unspecified atom stereocenters. The largest absolute Gasteiger partial charge is 0.481 e. The molecule has 0 bridgehead atoms. The molecule has 0 aliphatic carbocycles. The molecule has 0 spiro atoms. The van der Waals surface area contributed by atoms with E-state index < -0.39 is 5.97 Å². The molecule has 0 radical (unpaired) electrons. The topological polar surface area (TPSA) is 46.5 Å². The highest BCUT2D eigenvalue weighted by Gasteiger charge is 2.05. The summed E-state index contributed by atoms with van der Waals surface area (Å²) in [6.07, 6.45) is 0.876. The number of rotatable bonds is 7. The van der Waals surface area contributed by atoms with Gasteiger partial charge in [0.05, 0.1) is 19.6 Å². The molecular weight excluding hydrogens is 216 g/mol. The highest BCUT2D eigenvalue weighted by Crippen LogP contribution is 2.11. The molecule has 1 aromatic rings. The maximum Gasteiger partial charge on any atom is 0.307 e. The van der Waals surface area contributed by atoms with Crippen molar-refractivity contribution in [2.75, 3.05) is 6.61 Å². The summed E-state index contributed by atoms with van der Waals surface area (Å²) in [6, 6.07) is 7.46. The fraction of sp³-hybridized carbons (Fsp3) is 0.357. The van der Waals surface area contributed by atoms with Crippen molar-refractivity contribution in [2.24, 2.45) is 0 Å². The number of ether oxygens (including phenoxy) is 1. The van der Waals surface area contributed by atoms with E-state index in [1.54, 1.807) is 0 Å². The van der Waals surface area contributed by atoms with Gasteiger partial charge in [0.2, 0.25) is 0 Å². The van der Waals surface area contributed by atoms with Crippen molar-refractivity contribution in [3.05, 3.63) is 47.5 Å². The maximum absolute atomic E-state index is 10.7. The second kappa shape index (κ2) is 6.86. The van der Waals surface area contributed by atoms with Crippen LogP contribution in [0.5, 0.6) is 0 Å². The van der Waals surface area contributed by atoms with E-state index in [-0.39, 0.29) is 6.42 Å². The van der Waals surface area contributed by atoms with Crippen molar-refractivity contribution in [1.82, 2.24) is 0 Å². The van der Waals surface area contributed by atoms with Crippen molar-refractivity contribution in [2.45, 2.75) is 26.4 Å². The number of benzene rings is 1. The van der Waals surface area contributed by atoms with Crippen LogP contribution < -0.4 is 0 Å². The van der Waals surface area contributed by atoms with Crippen LogP contribution in [0.2, 0.25) is 0 Å². The first-order valence-electron chi connectivity index (χ1n) is 5.60. The van der Waals surface area contributed by atoms with E-state index in [4.69, 9.17) is 9.84 Å². The van der Waals surface area contributed by atoms with E-state index in [1.807, 2.05) is 31.2 Å².